The van der Waals surface area contributed by atoms with Crippen LogP contribution < -0.4 is 5.32 Å². The number of fused-ring (bicyclic) bond motifs is 2. The summed E-state index contributed by atoms with van der Waals surface area (Å²) >= 11 is 1.31. The fraction of sp³-hybridized carbons (Fsp3) is 0.375. The second-order valence-corrected chi connectivity index (χ2v) is 9.60. The monoisotopic (exact) mass is 439 g/mol. The predicted molar refractivity (Wildman–Crippen MR) is 119 cm³/mol. The number of allylic oxidation sites excluding steroid dienone is 2. The summed E-state index contributed by atoms with van der Waals surface area (Å²) in [6.45, 7) is 5.87. The van der Waals surface area contributed by atoms with Crippen LogP contribution in [0.5, 0.6) is 0 Å². The number of anilines is 1. The van der Waals surface area contributed by atoms with Crippen molar-refractivity contribution >= 4 is 34.2 Å². The highest BCUT2D eigenvalue weighted by Crippen LogP contribution is 2.49. The number of aliphatic carboxylic acids is 1. The van der Waals surface area contributed by atoms with Crippen LogP contribution in [0.4, 0.5) is 5.00 Å². The average molecular weight is 440 g/mol. The fourth-order valence-corrected chi connectivity index (χ4v) is 6.03. The first-order chi connectivity index (χ1) is 14.7. The molecule has 0 radical (unpaired) electrons. The van der Waals surface area contributed by atoms with E-state index in [1.165, 1.54) is 18.4 Å². The number of methoxy groups -OCH3 is 1. The van der Waals surface area contributed by atoms with Crippen molar-refractivity contribution in [3.8, 4) is 11.1 Å². The number of thiophene rings is 1. The highest BCUT2D eigenvalue weighted by molar-refractivity contribution is 7.17. The van der Waals surface area contributed by atoms with Crippen LogP contribution in [0, 0.1) is 44.4 Å². The number of carboxylic acid groups (broad SMARTS) is 1. The molecule has 2 bridgehead atoms. The van der Waals surface area contributed by atoms with E-state index in [0.717, 1.165) is 27.1 Å². The standard InChI is InChI=1S/C24H25NO5S/c1-11-5-6-12(2)16(9-11)17-13(3)31-22(20(17)24(29)30-4)25-21(26)18-14-7-8-15(10-14)19(18)23(27)28/h5-9,14-15,18-19H,10H2,1-4H3,(H,25,26)(H,27,28)/t14-,15-,18+,19-/m0/s1. The maximum absolute atomic E-state index is 13.2. The molecule has 1 amide bonds. The first-order valence-electron chi connectivity index (χ1n) is 10.2. The van der Waals surface area contributed by atoms with Crippen molar-refractivity contribution in [1.29, 1.82) is 0 Å². The van der Waals surface area contributed by atoms with E-state index in [1.54, 1.807) is 0 Å². The minimum absolute atomic E-state index is 0.0905. The lowest BCUT2D eigenvalue weighted by atomic mass is 9.82. The Bertz CT molecular complexity index is 1120. The number of rotatable bonds is 5. The van der Waals surface area contributed by atoms with Gasteiger partial charge in [0.15, 0.2) is 0 Å². The number of amides is 1. The molecule has 2 aromatic rings. The van der Waals surface area contributed by atoms with Crippen LogP contribution in [-0.2, 0) is 14.3 Å². The zero-order valence-corrected chi connectivity index (χ0v) is 18.7. The predicted octanol–water partition coefficient (Wildman–Crippen LogP) is 4.59. The molecule has 162 valence electrons. The maximum atomic E-state index is 13.2. The van der Waals surface area contributed by atoms with E-state index >= 15 is 0 Å². The van der Waals surface area contributed by atoms with Gasteiger partial charge in [-0.15, -0.1) is 11.3 Å². The van der Waals surface area contributed by atoms with Gasteiger partial charge in [-0.2, -0.15) is 0 Å². The van der Waals surface area contributed by atoms with Gasteiger partial charge >= 0.3 is 11.9 Å². The Morgan fingerprint density at radius 1 is 1.10 bits per heavy atom. The minimum Gasteiger partial charge on any atom is -0.481 e. The maximum Gasteiger partial charge on any atom is 0.341 e. The number of carbonyl (C=O) groups is 3. The van der Waals surface area contributed by atoms with Gasteiger partial charge in [0.05, 0.1) is 18.9 Å². The summed E-state index contributed by atoms with van der Waals surface area (Å²) in [6.07, 6.45) is 4.52. The zero-order valence-electron chi connectivity index (χ0n) is 17.9. The number of carbonyl (C=O) groups excluding carboxylic acids is 2. The molecule has 31 heavy (non-hydrogen) atoms. The highest BCUT2D eigenvalue weighted by Gasteiger charge is 2.51. The van der Waals surface area contributed by atoms with Crippen LogP contribution in [0.25, 0.3) is 11.1 Å². The molecule has 4 rings (SSSR count). The lowest BCUT2D eigenvalue weighted by Gasteiger charge is -2.23. The Hall–Kier alpha value is -2.93. The topological polar surface area (TPSA) is 92.7 Å². The molecule has 1 fully saturated rings. The Balaban J connectivity index is 1.75. The van der Waals surface area contributed by atoms with E-state index in [2.05, 4.69) is 5.32 Å². The van der Waals surface area contributed by atoms with Crippen LogP contribution in [-0.4, -0.2) is 30.1 Å². The number of esters is 1. The Morgan fingerprint density at radius 3 is 2.42 bits per heavy atom. The highest BCUT2D eigenvalue weighted by atomic mass is 32.1. The lowest BCUT2D eigenvalue weighted by Crippen LogP contribution is -2.36. The lowest BCUT2D eigenvalue weighted by molar-refractivity contribution is -0.146. The second kappa shape index (κ2) is 7.96. The average Bonchev–Trinajstić information content (AvgIpc) is 3.42. The Morgan fingerprint density at radius 2 is 1.77 bits per heavy atom. The molecule has 1 aromatic heterocycles. The molecule has 1 saturated carbocycles. The van der Waals surface area contributed by atoms with Crippen molar-refractivity contribution in [2.45, 2.75) is 27.2 Å². The molecule has 1 aromatic carbocycles. The third kappa shape index (κ3) is 3.57. The molecular weight excluding hydrogens is 414 g/mol. The Labute approximate surface area is 184 Å². The van der Waals surface area contributed by atoms with Crippen molar-refractivity contribution in [2.75, 3.05) is 12.4 Å². The largest absolute Gasteiger partial charge is 0.481 e. The van der Waals surface area contributed by atoms with Gasteiger partial charge in [0.1, 0.15) is 10.6 Å². The van der Waals surface area contributed by atoms with E-state index in [-0.39, 0.29) is 17.7 Å². The quantitative estimate of drug-likeness (QED) is 0.525. The van der Waals surface area contributed by atoms with Crippen LogP contribution in [0.15, 0.2) is 30.4 Å². The summed E-state index contributed by atoms with van der Waals surface area (Å²) in [6, 6.07) is 6.03. The van der Waals surface area contributed by atoms with Crippen molar-refractivity contribution in [3.05, 3.63) is 51.9 Å². The number of ether oxygens (including phenoxy) is 1. The first kappa shape index (κ1) is 21.3. The molecule has 0 spiro atoms. The minimum atomic E-state index is -0.955. The Kier molecular flexibility index (Phi) is 5.47. The summed E-state index contributed by atoms with van der Waals surface area (Å²) in [5.41, 5.74) is 4.05. The molecule has 0 saturated heterocycles. The molecule has 1 heterocycles. The molecule has 0 unspecified atom stereocenters. The smallest absolute Gasteiger partial charge is 0.341 e. The van der Waals surface area contributed by atoms with Gasteiger partial charge in [-0.25, -0.2) is 4.79 Å². The molecule has 2 aliphatic carbocycles. The molecule has 6 nitrogen and oxygen atoms in total. The molecule has 2 N–H and O–H groups in total. The van der Waals surface area contributed by atoms with Gasteiger partial charge in [0, 0.05) is 10.4 Å². The van der Waals surface area contributed by atoms with E-state index < -0.39 is 23.8 Å². The van der Waals surface area contributed by atoms with E-state index in [0.29, 0.717) is 17.0 Å². The summed E-state index contributed by atoms with van der Waals surface area (Å²) in [7, 11) is 1.31. The van der Waals surface area contributed by atoms with Gasteiger partial charge in [-0.3, -0.25) is 9.59 Å². The summed E-state index contributed by atoms with van der Waals surface area (Å²) in [5.74, 6) is -3.44. The summed E-state index contributed by atoms with van der Waals surface area (Å²) in [4.78, 5) is 38.7. The van der Waals surface area contributed by atoms with Crippen LogP contribution in [0.2, 0.25) is 0 Å². The molecule has 2 aliphatic rings. The van der Waals surface area contributed by atoms with Gasteiger partial charge in [0.25, 0.3) is 0 Å². The van der Waals surface area contributed by atoms with Gasteiger partial charge in [-0.05, 0) is 50.2 Å². The SMILES string of the molecule is COC(=O)c1c(NC(=O)[C@H]2[C@@H](C(=O)O)[C@H]3C=C[C@H]2C3)sc(C)c1-c1cc(C)ccc1C. The van der Waals surface area contributed by atoms with Gasteiger partial charge in [-0.1, -0.05) is 35.9 Å². The van der Waals surface area contributed by atoms with E-state index in [9.17, 15) is 19.5 Å². The zero-order chi connectivity index (χ0) is 22.4. The van der Waals surface area contributed by atoms with Crippen molar-refractivity contribution in [3.63, 3.8) is 0 Å². The molecule has 4 atom stereocenters. The number of benzene rings is 1. The first-order valence-corrected chi connectivity index (χ1v) is 11.1. The van der Waals surface area contributed by atoms with Crippen LogP contribution >= 0.6 is 11.3 Å². The van der Waals surface area contributed by atoms with Crippen molar-refractivity contribution in [1.82, 2.24) is 0 Å². The number of nitrogens with one attached hydrogen (secondary N) is 1. The molecule has 7 heteroatoms. The van der Waals surface area contributed by atoms with Gasteiger partial charge in [0.2, 0.25) is 5.91 Å². The summed E-state index contributed by atoms with van der Waals surface area (Å²) in [5, 5.41) is 13.0. The number of hydrogen-bond donors (Lipinski definition) is 2. The fourth-order valence-electron chi connectivity index (χ4n) is 4.97. The number of hydrogen-bond acceptors (Lipinski definition) is 5. The van der Waals surface area contributed by atoms with E-state index in [4.69, 9.17) is 4.74 Å². The summed E-state index contributed by atoms with van der Waals surface area (Å²) < 4.78 is 5.05. The van der Waals surface area contributed by atoms with Crippen molar-refractivity contribution < 1.29 is 24.2 Å². The third-order valence-corrected chi connectivity index (χ3v) is 7.44. The normalized spacial score (nSPS) is 23.7. The van der Waals surface area contributed by atoms with Crippen LogP contribution in [0.1, 0.15) is 32.8 Å². The molecule has 0 aliphatic heterocycles. The van der Waals surface area contributed by atoms with Crippen LogP contribution in [0.3, 0.4) is 0 Å². The van der Waals surface area contributed by atoms with Gasteiger partial charge < -0.3 is 15.2 Å². The second-order valence-electron chi connectivity index (χ2n) is 8.37. The molecular formula is C24H25NO5S. The third-order valence-electron chi connectivity index (χ3n) is 6.42. The van der Waals surface area contributed by atoms with E-state index in [1.807, 2.05) is 51.1 Å². The number of carboxylic acids is 1. The number of aryl methyl sites for hydroxylation is 3. The van der Waals surface area contributed by atoms with Crippen molar-refractivity contribution in [2.24, 2.45) is 23.7 Å².